The van der Waals surface area contributed by atoms with Crippen LogP contribution >= 0.6 is 0 Å². The summed E-state index contributed by atoms with van der Waals surface area (Å²) in [5.41, 5.74) is 0. The number of carbonyl (C=O) groups is 3. The lowest BCUT2D eigenvalue weighted by Crippen LogP contribution is -2.47. The van der Waals surface area contributed by atoms with E-state index in [2.05, 4.69) is 11.9 Å². The molecule has 0 aromatic heterocycles. The van der Waals surface area contributed by atoms with Crippen molar-refractivity contribution < 1.29 is 34.1 Å². The maximum Gasteiger partial charge on any atom is 0.306 e. The van der Waals surface area contributed by atoms with Crippen molar-refractivity contribution in [2.24, 2.45) is 11.8 Å². The molecule has 0 aliphatic heterocycles. The van der Waals surface area contributed by atoms with Crippen LogP contribution in [0.3, 0.4) is 0 Å². The molecule has 25 heavy (non-hydrogen) atoms. The standard InChI is InChI=1S/C17H27NO7/c1-2-24-10-12-3-5-13(6-4-12)17(23)18-14(9-19)11-25-16(22)8-7-15(20)21/h2,9,12-14,17-18,23H,1,3-8,10-11H2,(H,20,21)/t12?,13?,14-,17?/m1/s1. The minimum Gasteiger partial charge on any atom is -0.502 e. The largest absolute Gasteiger partial charge is 0.502 e. The predicted molar refractivity (Wildman–Crippen MR) is 88.4 cm³/mol. The van der Waals surface area contributed by atoms with Crippen molar-refractivity contribution in [2.45, 2.75) is 50.8 Å². The number of aliphatic hydroxyl groups excluding tert-OH is 1. The predicted octanol–water partition coefficient (Wildman–Crippen LogP) is 0.836. The number of carbonyl (C=O) groups excluding carboxylic acids is 2. The molecular formula is C17H27NO7. The van der Waals surface area contributed by atoms with E-state index in [1.807, 2.05) is 0 Å². The van der Waals surface area contributed by atoms with Gasteiger partial charge in [-0.1, -0.05) is 6.58 Å². The van der Waals surface area contributed by atoms with Gasteiger partial charge in [-0.2, -0.15) is 0 Å². The van der Waals surface area contributed by atoms with E-state index in [0.717, 1.165) is 25.7 Å². The lowest BCUT2D eigenvalue weighted by atomic mass is 9.81. The topological polar surface area (TPSA) is 122 Å². The third kappa shape index (κ3) is 8.64. The summed E-state index contributed by atoms with van der Waals surface area (Å²) in [5.74, 6) is -1.32. The number of ether oxygens (including phenoxy) is 2. The van der Waals surface area contributed by atoms with Gasteiger partial charge in [0, 0.05) is 0 Å². The van der Waals surface area contributed by atoms with Gasteiger partial charge in [0.1, 0.15) is 19.1 Å². The molecule has 1 aliphatic rings. The zero-order valence-electron chi connectivity index (χ0n) is 14.3. The molecule has 0 saturated heterocycles. The van der Waals surface area contributed by atoms with Crippen LogP contribution in [0.5, 0.6) is 0 Å². The van der Waals surface area contributed by atoms with Gasteiger partial charge in [-0.15, -0.1) is 0 Å². The average Bonchev–Trinajstić information content (AvgIpc) is 2.61. The summed E-state index contributed by atoms with van der Waals surface area (Å²) in [7, 11) is 0. The first-order valence-electron chi connectivity index (χ1n) is 8.45. The Labute approximate surface area is 147 Å². The van der Waals surface area contributed by atoms with Crippen molar-refractivity contribution in [2.75, 3.05) is 13.2 Å². The molecule has 1 aliphatic carbocycles. The number of carboxylic acids is 1. The number of aliphatic hydroxyl groups is 1. The molecule has 8 nitrogen and oxygen atoms in total. The van der Waals surface area contributed by atoms with E-state index in [0.29, 0.717) is 18.8 Å². The Morgan fingerprint density at radius 2 is 1.92 bits per heavy atom. The molecule has 0 bridgehead atoms. The molecule has 0 amide bonds. The number of aldehydes is 1. The Morgan fingerprint density at radius 3 is 2.48 bits per heavy atom. The molecule has 0 aromatic rings. The normalized spacial score (nSPS) is 22.4. The van der Waals surface area contributed by atoms with Crippen molar-refractivity contribution in [1.82, 2.24) is 5.32 Å². The summed E-state index contributed by atoms with van der Waals surface area (Å²) in [4.78, 5) is 32.8. The Hall–Kier alpha value is -1.93. The smallest absolute Gasteiger partial charge is 0.306 e. The van der Waals surface area contributed by atoms with Gasteiger partial charge in [0.2, 0.25) is 0 Å². The van der Waals surface area contributed by atoms with E-state index in [1.54, 1.807) is 0 Å². The van der Waals surface area contributed by atoms with Crippen LogP contribution in [0.2, 0.25) is 0 Å². The zero-order chi connectivity index (χ0) is 18.7. The second-order valence-electron chi connectivity index (χ2n) is 6.21. The van der Waals surface area contributed by atoms with Gasteiger partial charge in [0.05, 0.1) is 31.8 Å². The first-order chi connectivity index (χ1) is 12.0. The van der Waals surface area contributed by atoms with Gasteiger partial charge in [0.15, 0.2) is 0 Å². The van der Waals surface area contributed by atoms with E-state index in [-0.39, 0.29) is 25.4 Å². The number of carboxylic acid groups (broad SMARTS) is 1. The number of rotatable bonds is 12. The molecule has 1 unspecified atom stereocenters. The SMILES string of the molecule is C=COCC1CCC(C(O)N[C@H](C=O)COC(=O)CCC(=O)O)CC1. The Balaban J connectivity index is 2.30. The van der Waals surface area contributed by atoms with Crippen LogP contribution in [0.25, 0.3) is 0 Å². The van der Waals surface area contributed by atoms with Crippen LogP contribution in [0.15, 0.2) is 12.8 Å². The molecule has 0 heterocycles. The molecule has 8 heteroatoms. The monoisotopic (exact) mass is 357 g/mol. The van der Waals surface area contributed by atoms with Crippen molar-refractivity contribution in [3.8, 4) is 0 Å². The van der Waals surface area contributed by atoms with Crippen molar-refractivity contribution >= 4 is 18.2 Å². The van der Waals surface area contributed by atoms with Gasteiger partial charge in [-0.25, -0.2) is 0 Å². The number of nitrogens with one attached hydrogen (secondary N) is 1. The van der Waals surface area contributed by atoms with E-state index >= 15 is 0 Å². The summed E-state index contributed by atoms with van der Waals surface area (Å²) in [6.45, 7) is 3.90. The lowest BCUT2D eigenvalue weighted by Gasteiger charge is -2.32. The third-order valence-electron chi connectivity index (χ3n) is 4.30. The summed E-state index contributed by atoms with van der Waals surface area (Å²) in [5, 5.41) is 21.5. The third-order valence-corrected chi connectivity index (χ3v) is 4.30. The number of hydrogen-bond acceptors (Lipinski definition) is 7. The van der Waals surface area contributed by atoms with Crippen LogP contribution in [0.1, 0.15) is 38.5 Å². The van der Waals surface area contributed by atoms with Crippen LogP contribution in [-0.2, 0) is 23.9 Å². The van der Waals surface area contributed by atoms with Gasteiger partial charge in [-0.05, 0) is 37.5 Å². The van der Waals surface area contributed by atoms with Crippen LogP contribution < -0.4 is 5.32 Å². The van der Waals surface area contributed by atoms with Crippen molar-refractivity contribution in [3.63, 3.8) is 0 Å². The zero-order valence-corrected chi connectivity index (χ0v) is 14.3. The molecular weight excluding hydrogens is 330 g/mol. The molecule has 1 saturated carbocycles. The Morgan fingerprint density at radius 1 is 1.24 bits per heavy atom. The van der Waals surface area contributed by atoms with Crippen LogP contribution in [-0.4, -0.2) is 53.9 Å². The number of esters is 1. The van der Waals surface area contributed by atoms with Gasteiger partial charge in [0.25, 0.3) is 0 Å². The highest BCUT2D eigenvalue weighted by molar-refractivity contribution is 5.76. The van der Waals surface area contributed by atoms with Crippen LogP contribution in [0.4, 0.5) is 0 Å². The molecule has 1 fully saturated rings. The first kappa shape index (κ1) is 21.1. The Kier molecular flexibility index (Phi) is 9.79. The van der Waals surface area contributed by atoms with Crippen molar-refractivity contribution in [3.05, 3.63) is 12.8 Å². The molecule has 0 aromatic carbocycles. The highest BCUT2D eigenvalue weighted by Gasteiger charge is 2.28. The van der Waals surface area contributed by atoms with Gasteiger partial charge < -0.3 is 24.5 Å². The highest BCUT2D eigenvalue weighted by atomic mass is 16.5. The molecule has 0 radical (unpaired) electrons. The van der Waals surface area contributed by atoms with Gasteiger partial charge in [-0.3, -0.25) is 14.9 Å². The lowest BCUT2D eigenvalue weighted by molar-refractivity contribution is -0.148. The fraction of sp³-hybridized carbons (Fsp3) is 0.706. The quantitative estimate of drug-likeness (QED) is 0.203. The van der Waals surface area contributed by atoms with E-state index in [1.165, 1.54) is 6.26 Å². The summed E-state index contributed by atoms with van der Waals surface area (Å²) in [6.07, 6.45) is 4.02. The fourth-order valence-electron chi connectivity index (χ4n) is 2.82. The maximum atomic E-state index is 11.4. The summed E-state index contributed by atoms with van der Waals surface area (Å²) < 4.78 is 10.1. The number of hydrogen-bond donors (Lipinski definition) is 3. The minimum atomic E-state index is -1.09. The van der Waals surface area contributed by atoms with E-state index in [4.69, 9.17) is 14.6 Å². The minimum absolute atomic E-state index is 0.0187. The van der Waals surface area contributed by atoms with Crippen molar-refractivity contribution in [1.29, 1.82) is 0 Å². The molecule has 142 valence electrons. The molecule has 3 N–H and O–H groups in total. The number of aliphatic carboxylic acids is 1. The van der Waals surface area contributed by atoms with Crippen LogP contribution in [0, 0.1) is 11.8 Å². The highest BCUT2D eigenvalue weighted by Crippen LogP contribution is 2.30. The summed E-state index contributed by atoms with van der Waals surface area (Å²) in [6, 6.07) is -0.828. The average molecular weight is 357 g/mol. The second kappa shape index (κ2) is 11.6. The molecule has 2 atom stereocenters. The Bertz CT molecular complexity index is 446. The first-order valence-corrected chi connectivity index (χ1v) is 8.45. The summed E-state index contributed by atoms with van der Waals surface area (Å²) >= 11 is 0. The second-order valence-corrected chi connectivity index (χ2v) is 6.21. The van der Waals surface area contributed by atoms with E-state index in [9.17, 15) is 19.5 Å². The fourth-order valence-corrected chi connectivity index (χ4v) is 2.82. The van der Waals surface area contributed by atoms with Gasteiger partial charge >= 0.3 is 11.9 Å². The maximum absolute atomic E-state index is 11.4. The molecule has 0 spiro atoms. The van der Waals surface area contributed by atoms with E-state index < -0.39 is 24.2 Å². The molecule has 1 rings (SSSR count).